The summed E-state index contributed by atoms with van der Waals surface area (Å²) in [4.78, 5) is 18.2. The fourth-order valence-corrected chi connectivity index (χ4v) is 7.18. The molecule has 1 saturated heterocycles. The fraction of sp³-hybridized carbons (Fsp3) is 0.708. The molecule has 0 spiro atoms. The van der Waals surface area contributed by atoms with E-state index in [1.54, 1.807) is 12.1 Å². The van der Waals surface area contributed by atoms with Crippen LogP contribution in [0.2, 0.25) is 0 Å². The summed E-state index contributed by atoms with van der Waals surface area (Å²) in [5.74, 6) is 2.74. The molecule has 1 aliphatic heterocycles. The lowest BCUT2D eigenvalue weighted by atomic mass is 9.49. The molecule has 4 heteroatoms. The molecule has 4 saturated carbocycles. The molecule has 5 fully saturated rings. The molecule has 1 atom stereocenters. The van der Waals surface area contributed by atoms with Crippen molar-refractivity contribution in [3.05, 3.63) is 35.6 Å². The van der Waals surface area contributed by atoms with E-state index >= 15 is 0 Å². The van der Waals surface area contributed by atoms with E-state index in [0.29, 0.717) is 11.9 Å². The van der Waals surface area contributed by atoms with E-state index in [1.807, 2.05) is 12.1 Å². The SMILES string of the molecule is CN(C(=O)C12CC3CC(CC(C3)C1)C2)[C@@H]1CCN(CCc2ccc(F)cc2)C1. The first kappa shape index (κ1) is 18.6. The van der Waals surface area contributed by atoms with Gasteiger partial charge in [0, 0.05) is 32.7 Å². The highest BCUT2D eigenvalue weighted by Gasteiger charge is 2.55. The number of hydrogen-bond acceptors (Lipinski definition) is 2. The van der Waals surface area contributed by atoms with Crippen LogP contribution in [-0.2, 0) is 11.2 Å². The van der Waals surface area contributed by atoms with Crippen LogP contribution in [-0.4, -0.2) is 48.4 Å². The van der Waals surface area contributed by atoms with Crippen molar-refractivity contribution in [1.82, 2.24) is 9.80 Å². The van der Waals surface area contributed by atoms with E-state index in [1.165, 1.54) is 24.8 Å². The van der Waals surface area contributed by atoms with Gasteiger partial charge in [0.15, 0.2) is 0 Å². The fourth-order valence-electron chi connectivity index (χ4n) is 7.18. The highest BCUT2D eigenvalue weighted by molar-refractivity contribution is 5.83. The molecular weight excluding hydrogens is 351 g/mol. The average molecular weight is 385 g/mol. The van der Waals surface area contributed by atoms with Gasteiger partial charge in [-0.15, -0.1) is 0 Å². The van der Waals surface area contributed by atoms with Gasteiger partial charge in [-0.2, -0.15) is 0 Å². The Morgan fingerprint density at radius 1 is 1.11 bits per heavy atom. The highest BCUT2D eigenvalue weighted by atomic mass is 19.1. The van der Waals surface area contributed by atoms with Crippen molar-refractivity contribution in [3.63, 3.8) is 0 Å². The molecule has 0 unspecified atom stereocenters. The Morgan fingerprint density at radius 3 is 2.32 bits per heavy atom. The number of amides is 1. The van der Waals surface area contributed by atoms with E-state index in [0.717, 1.165) is 69.5 Å². The molecule has 1 aromatic rings. The van der Waals surface area contributed by atoms with E-state index < -0.39 is 0 Å². The normalized spacial score (nSPS) is 36.8. The van der Waals surface area contributed by atoms with Gasteiger partial charge in [0.2, 0.25) is 5.91 Å². The third-order valence-corrected chi connectivity index (χ3v) is 8.24. The van der Waals surface area contributed by atoms with Gasteiger partial charge >= 0.3 is 0 Å². The molecule has 1 heterocycles. The summed E-state index contributed by atoms with van der Waals surface area (Å²) >= 11 is 0. The minimum Gasteiger partial charge on any atom is -0.341 e. The molecule has 1 amide bonds. The number of benzene rings is 1. The zero-order valence-electron chi connectivity index (χ0n) is 17.1. The van der Waals surface area contributed by atoms with Crippen LogP contribution in [0.25, 0.3) is 0 Å². The summed E-state index contributed by atoms with van der Waals surface area (Å²) in [6.45, 7) is 3.03. The predicted octanol–water partition coefficient (Wildman–Crippen LogP) is 4.12. The average Bonchev–Trinajstić information content (AvgIpc) is 3.14. The maximum absolute atomic E-state index is 13.6. The van der Waals surface area contributed by atoms with Crippen LogP contribution in [0.4, 0.5) is 4.39 Å². The number of carbonyl (C=O) groups is 1. The first-order valence-electron chi connectivity index (χ1n) is 11.2. The molecule has 0 radical (unpaired) electrons. The maximum Gasteiger partial charge on any atom is 0.228 e. The van der Waals surface area contributed by atoms with Crippen molar-refractivity contribution < 1.29 is 9.18 Å². The summed E-state index contributed by atoms with van der Waals surface area (Å²) in [7, 11) is 2.06. The van der Waals surface area contributed by atoms with Gasteiger partial charge in [-0.25, -0.2) is 4.39 Å². The Kier molecular flexibility index (Phi) is 4.73. The van der Waals surface area contributed by atoms with Crippen LogP contribution in [0.15, 0.2) is 24.3 Å². The smallest absolute Gasteiger partial charge is 0.228 e. The molecule has 4 aliphatic carbocycles. The van der Waals surface area contributed by atoms with Gasteiger partial charge in [0.05, 0.1) is 5.41 Å². The lowest BCUT2D eigenvalue weighted by molar-refractivity contribution is -0.158. The predicted molar refractivity (Wildman–Crippen MR) is 108 cm³/mol. The Morgan fingerprint density at radius 2 is 1.71 bits per heavy atom. The monoisotopic (exact) mass is 384 g/mol. The number of hydrogen-bond donors (Lipinski definition) is 0. The Hall–Kier alpha value is -1.42. The zero-order chi connectivity index (χ0) is 19.3. The van der Waals surface area contributed by atoms with Crippen molar-refractivity contribution in [2.24, 2.45) is 23.2 Å². The number of nitrogens with zero attached hydrogens (tertiary/aromatic N) is 2. The minimum absolute atomic E-state index is 0.0228. The van der Waals surface area contributed by atoms with Gasteiger partial charge in [-0.1, -0.05) is 12.1 Å². The van der Waals surface area contributed by atoms with Gasteiger partial charge in [0.1, 0.15) is 5.82 Å². The number of likely N-dealkylation sites (tertiary alicyclic amines) is 1. The Labute approximate surface area is 168 Å². The van der Waals surface area contributed by atoms with E-state index in [9.17, 15) is 9.18 Å². The van der Waals surface area contributed by atoms with Gasteiger partial charge < -0.3 is 9.80 Å². The van der Waals surface area contributed by atoms with Crippen molar-refractivity contribution in [1.29, 1.82) is 0 Å². The third-order valence-electron chi connectivity index (χ3n) is 8.24. The second-order valence-corrected chi connectivity index (χ2v) is 10.2. The minimum atomic E-state index is -0.171. The number of likely N-dealkylation sites (N-methyl/N-ethyl adjacent to an activating group) is 1. The van der Waals surface area contributed by atoms with E-state index in [4.69, 9.17) is 0 Å². The molecule has 0 aromatic heterocycles. The molecule has 28 heavy (non-hydrogen) atoms. The molecule has 0 N–H and O–H groups in total. The zero-order valence-corrected chi connectivity index (χ0v) is 17.1. The molecule has 6 rings (SSSR count). The maximum atomic E-state index is 13.6. The van der Waals surface area contributed by atoms with Gasteiger partial charge in [-0.3, -0.25) is 4.79 Å². The topological polar surface area (TPSA) is 23.6 Å². The molecule has 5 aliphatic rings. The largest absolute Gasteiger partial charge is 0.341 e. The summed E-state index contributed by atoms with van der Waals surface area (Å²) in [5, 5.41) is 0. The van der Waals surface area contributed by atoms with Gasteiger partial charge in [0.25, 0.3) is 0 Å². The number of rotatable bonds is 5. The number of halogens is 1. The van der Waals surface area contributed by atoms with Crippen molar-refractivity contribution in [2.75, 3.05) is 26.7 Å². The van der Waals surface area contributed by atoms with E-state index in [-0.39, 0.29) is 11.2 Å². The summed E-state index contributed by atoms with van der Waals surface area (Å²) in [6.07, 6.45) is 9.65. The summed E-state index contributed by atoms with van der Waals surface area (Å²) in [6, 6.07) is 7.20. The highest BCUT2D eigenvalue weighted by Crippen LogP contribution is 2.60. The van der Waals surface area contributed by atoms with E-state index in [2.05, 4.69) is 16.8 Å². The second-order valence-electron chi connectivity index (χ2n) is 10.2. The Bertz CT molecular complexity index is 695. The van der Waals surface area contributed by atoms with Crippen LogP contribution >= 0.6 is 0 Å². The first-order valence-corrected chi connectivity index (χ1v) is 11.2. The first-order chi connectivity index (χ1) is 13.5. The third kappa shape index (κ3) is 3.38. The lowest BCUT2D eigenvalue weighted by Gasteiger charge is -2.56. The molecule has 3 nitrogen and oxygen atoms in total. The van der Waals surface area contributed by atoms with Crippen LogP contribution in [0, 0.1) is 29.0 Å². The van der Waals surface area contributed by atoms with Gasteiger partial charge in [-0.05, 0) is 86.8 Å². The summed E-state index contributed by atoms with van der Waals surface area (Å²) < 4.78 is 13.1. The van der Waals surface area contributed by atoms with Crippen LogP contribution in [0.3, 0.4) is 0 Å². The standard InChI is InChI=1S/C24H33FN2O/c1-26(23(28)24-13-18-10-19(14-24)12-20(11-18)15-24)22-7-9-27(16-22)8-6-17-2-4-21(25)5-3-17/h2-5,18-20,22H,6-16H2,1H3/t18?,19?,20?,22-,24?/m1/s1. The summed E-state index contributed by atoms with van der Waals surface area (Å²) in [5.41, 5.74) is 1.16. The molecule has 4 bridgehead atoms. The number of carbonyl (C=O) groups excluding carboxylic acids is 1. The van der Waals surface area contributed by atoms with Crippen LogP contribution < -0.4 is 0 Å². The Balaban J connectivity index is 1.18. The van der Waals surface area contributed by atoms with Crippen LogP contribution in [0.1, 0.15) is 50.5 Å². The quantitative estimate of drug-likeness (QED) is 0.762. The van der Waals surface area contributed by atoms with Crippen molar-refractivity contribution >= 4 is 5.91 Å². The lowest BCUT2D eigenvalue weighted by Crippen LogP contribution is -2.55. The van der Waals surface area contributed by atoms with Crippen molar-refractivity contribution in [2.45, 2.75) is 57.4 Å². The van der Waals surface area contributed by atoms with Crippen molar-refractivity contribution in [3.8, 4) is 0 Å². The van der Waals surface area contributed by atoms with Crippen LogP contribution in [0.5, 0.6) is 0 Å². The molecular formula is C24H33FN2O. The molecule has 1 aromatic carbocycles. The second kappa shape index (κ2) is 7.12. The molecule has 152 valence electrons.